The van der Waals surface area contributed by atoms with Crippen molar-refractivity contribution in [2.24, 2.45) is 5.92 Å². The molecule has 0 saturated carbocycles. The number of nitrogen functional groups attached to an aromatic ring is 1. The number of rotatable bonds is 5. The monoisotopic (exact) mass is 291 g/mol. The lowest BCUT2D eigenvalue weighted by molar-refractivity contribution is -0.137. The molecule has 1 heterocycles. The van der Waals surface area contributed by atoms with Crippen LogP contribution in [-0.4, -0.2) is 26.3 Å². The van der Waals surface area contributed by atoms with Gasteiger partial charge in [0.25, 0.3) is 0 Å². The van der Waals surface area contributed by atoms with Crippen LogP contribution in [-0.2, 0) is 10.5 Å². The van der Waals surface area contributed by atoms with Crippen LogP contribution in [0.2, 0.25) is 0 Å². The summed E-state index contributed by atoms with van der Waals surface area (Å²) in [7, 11) is 0. The van der Waals surface area contributed by atoms with Crippen molar-refractivity contribution in [3.8, 4) is 0 Å². The summed E-state index contributed by atoms with van der Waals surface area (Å²) >= 11 is 1.33. The first-order chi connectivity index (χ1) is 9.49. The molecule has 20 heavy (non-hydrogen) atoms. The minimum atomic E-state index is -0.807. The zero-order chi connectivity index (χ0) is 14.7. The molecule has 1 aromatic heterocycles. The number of carboxylic acid groups (broad SMARTS) is 1. The van der Waals surface area contributed by atoms with Crippen molar-refractivity contribution in [1.82, 2.24) is 9.97 Å². The molecule has 0 aliphatic carbocycles. The summed E-state index contributed by atoms with van der Waals surface area (Å²) in [6.45, 7) is 3.78. The lowest BCUT2D eigenvalue weighted by Gasteiger charge is -2.15. The molecule has 6 heteroatoms. The number of anilines is 1. The van der Waals surface area contributed by atoms with E-state index in [0.29, 0.717) is 17.4 Å². The highest BCUT2D eigenvalue weighted by atomic mass is 32.2. The number of para-hydroxylation sites is 1. The normalized spacial score (nSPS) is 12.8. The maximum absolute atomic E-state index is 11.2. The Balaban J connectivity index is 2.20. The summed E-state index contributed by atoms with van der Waals surface area (Å²) in [5, 5.41) is 9.51. The van der Waals surface area contributed by atoms with Crippen LogP contribution >= 0.6 is 11.8 Å². The highest BCUT2D eigenvalue weighted by molar-refractivity contribution is 7.99. The molecule has 3 N–H and O–H groups in total. The van der Waals surface area contributed by atoms with Gasteiger partial charge in [-0.1, -0.05) is 26.0 Å². The van der Waals surface area contributed by atoms with Gasteiger partial charge in [0.05, 0.1) is 11.3 Å². The van der Waals surface area contributed by atoms with Crippen LogP contribution in [0.5, 0.6) is 0 Å². The largest absolute Gasteiger partial charge is 0.480 e. The van der Waals surface area contributed by atoms with Gasteiger partial charge in [0.15, 0.2) is 0 Å². The van der Waals surface area contributed by atoms with E-state index in [2.05, 4.69) is 9.97 Å². The molecule has 0 saturated heterocycles. The number of nitrogens with two attached hydrogens (primary N) is 1. The molecule has 0 spiro atoms. The molecule has 0 fully saturated rings. The Kier molecular flexibility index (Phi) is 4.44. The van der Waals surface area contributed by atoms with Crippen molar-refractivity contribution >= 4 is 34.5 Å². The second kappa shape index (κ2) is 6.09. The third-order valence-electron chi connectivity index (χ3n) is 2.92. The smallest absolute Gasteiger partial charge is 0.316 e. The lowest BCUT2D eigenvalue weighted by Crippen LogP contribution is -2.22. The summed E-state index contributed by atoms with van der Waals surface area (Å²) in [6, 6.07) is 7.52. The molecule has 106 valence electrons. The zero-order valence-electron chi connectivity index (χ0n) is 11.4. The van der Waals surface area contributed by atoms with E-state index in [9.17, 15) is 4.79 Å². The van der Waals surface area contributed by atoms with Crippen LogP contribution in [0.1, 0.15) is 19.7 Å². The van der Waals surface area contributed by atoms with Gasteiger partial charge >= 0.3 is 5.97 Å². The summed E-state index contributed by atoms with van der Waals surface area (Å²) in [5.74, 6) is 0.680. The number of hydrogen-bond acceptors (Lipinski definition) is 5. The van der Waals surface area contributed by atoms with E-state index in [4.69, 9.17) is 10.8 Å². The third-order valence-corrected chi connectivity index (χ3v) is 4.45. The van der Waals surface area contributed by atoms with E-state index >= 15 is 0 Å². The average Bonchev–Trinajstić information content (AvgIpc) is 2.38. The molecule has 2 aromatic rings. The molecule has 0 radical (unpaired) electrons. The van der Waals surface area contributed by atoms with E-state index in [1.807, 2.05) is 38.1 Å². The molecule has 5 nitrogen and oxygen atoms in total. The maximum Gasteiger partial charge on any atom is 0.316 e. The lowest BCUT2D eigenvalue weighted by atomic mass is 10.1. The van der Waals surface area contributed by atoms with E-state index in [-0.39, 0.29) is 5.92 Å². The van der Waals surface area contributed by atoms with Crippen LogP contribution in [0.4, 0.5) is 5.82 Å². The molecule has 1 aromatic carbocycles. The maximum atomic E-state index is 11.2. The van der Waals surface area contributed by atoms with Crippen LogP contribution < -0.4 is 5.73 Å². The topological polar surface area (TPSA) is 89.1 Å². The quantitative estimate of drug-likeness (QED) is 0.880. The molecule has 0 bridgehead atoms. The molecule has 1 atom stereocenters. The van der Waals surface area contributed by atoms with Gasteiger partial charge in [-0.3, -0.25) is 4.79 Å². The number of aromatic nitrogens is 2. The van der Waals surface area contributed by atoms with Gasteiger partial charge < -0.3 is 10.8 Å². The van der Waals surface area contributed by atoms with Crippen LogP contribution in [0.3, 0.4) is 0 Å². The van der Waals surface area contributed by atoms with Crippen molar-refractivity contribution < 1.29 is 9.90 Å². The van der Waals surface area contributed by atoms with Crippen molar-refractivity contribution in [2.75, 3.05) is 5.73 Å². The Bertz CT molecular complexity index is 631. The number of benzene rings is 1. The number of carboxylic acids is 1. The number of thioether (sulfide) groups is 1. The molecular weight excluding hydrogens is 274 g/mol. The Morgan fingerprint density at radius 1 is 1.35 bits per heavy atom. The second-order valence-electron chi connectivity index (χ2n) is 4.86. The fourth-order valence-electron chi connectivity index (χ4n) is 1.93. The van der Waals surface area contributed by atoms with E-state index < -0.39 is 11.2 Å². The number of carbonyl (C=O) groups is 1. The minimum absolute atomic E-state index is 0.0512. The molecular formula is C14H17N3O2S. The molecule has 0 aliphatic heterocycles. The molecule has 0 amide bonds. The summed E-state index contributed by atoms with van der Waals surface area (Å²) in [6.07, 6.45) is 0. The Hall–Kier alpha value is -1.82. The predicted molar refractivity (Wildman–Crippen MR) is 81.5 cm³/mol. The summed E-state index contributed by atoms with van der Waals surface area (Å²) in [5.41, 5.74) is 6.69. The van der Waals surface area contributed by atoms with E-state index in [1.165, 1.54) is 11.8 Å². The standard InChI is InChI=1S/C14H17N3O2S/c1-8(2)12(14(18)19)20-7-11-16-10-6-4-3-5-9(10)13(15)17-11/h3-6,8,12H,7H2,1-2H3,(H,18,19)(H2,15,16,17). The molecule has 1 unspecified atom stereocenters. The van der Waals surface area contributed by atoms with Gasteiger partial charge in [0, 0.05) is 5.39 Å². The van der Waals surface area contributed by atoms with Gasteiger partial charge in [0.2, 0.25) is 0 Å². The third kappa shape index (κ3) is 3.19. The van der Waals surface area contributed by atoms with Crippen LogP contribution in [0.25, 0.3) is 10.9 Å². The van der Waals surface area contributed by atoms with Gasteiger partial charge in [-0.15, -0.1) is 11.8 Å². The van der Waals surface area contributed by atoms with Crippen molar-refractivity contribution in [2.45, 2.75) is 24.9 Å². The van der Waals surface area contributed by atoms with E-state index in [0.717, 1.165) is 10.9 Å². The highest BCUT2D eigenvalue weighted by Crippen LogP contribution is 2.24. The summed E-state index contributed by atoms with van der Waals surface area (Å²) in [4.78, 5) is 19.8. The molecule has 0 aliphatic rings. The van der Waals surface area contributed by atoms with Gasteiger partial charge in [-0.25, -0.2) is 9.97 Å². The fourth-order valence-corrected chi connectivity index (χ4v) is 2.91. The predicted octanol–water partition coefficient (Wildman–Crippen LogP) is 2.55. The fraction of sp³-hybridized carbons (Fsp3) is 0.357. The Morgan fingerprint density at radius 3 is 2.70 bits per heavy atom. The van der Waals surface area contributed by atoms with Gasteiger partial charge in [0.1, 0.15) is 16.9 Å². The second-order valence-corrected chi connectivity index (χ2v) is 5.99. The number of nitrogens with zero attached hydrogens (tertiary/aromatic N) is 2. The van der Waals surface area contributed by atoms with Crippen molar-refractivity contribution in [3.63, 3.8) is 0 Å². The minimum Gasteiger partial charge on any atom is -0.480 e. The van der Waals surface area contributed by atoms with Crippen molar-refractivity contribution in [3.05, 3.63) is 30.1 Å². The van der Waals surface area contributed by atoms with E-state index in [1.54, 1.807) is 0 Å². The molecule has 2 rings (SSSR count). The first kappa shape index (κ1) is 14.6. The number of aliphatic carboxylic acids is 1. The van der Waals surface area contributed by atoms with Crippen LogP contribution in [0, 0.1) is 5.92 Å². The number of hydrogen-bond donors (Lipinski definition) is 2. The van der Waals surface area contributed by atoms with Crippen LogP contribution in [0.15, 0.2) is 24.3 Å². The van der Waals surface area contributed by atoms with Gasteiger partial charge in [-0.2, -0.15) is 0 Å². The first-order valence-corrected chi connectivity index (χ1v) is 7.39. The van der Waals surface area contributed by atoms with Crippen molar-refractivity contribution in [1.29, 1.82) is 0 Å². The van der Waals surface area contributed by atoms with Gasteiger partial charge in [-0.05, 0) is 18.1 Å². The average molecular weight is 291 g/mol. The number of fused-ring (bicyclic) bond motifs is 1. The SMILES string of the molecule is CC(C)C(SCc1nc(N)c2ccccc2n1)C(=O)O. The Labute approximate surface area is 121 Å². The first-order valence-electron chi connectivity index (χ1n) is 6.34. The highest BCUT2D eigenvalue weighted by Gasteiger charge is 2.22. The summed E-state index contributed by atoms with van der Waals surface area (Å²) < 4.78 is 0. The zero-order valence-corrected chi connectivity index (χ0v) is 12.2. The Morgan fingerprint density at radius 2 is 2.05 bits per heavy atom.